The van der Waals surface area contributed by atoms with Crippen molar-refractivity contribution in [1.82, 2.24) is 4.90 Å². The number of ether oxygens (including phenoxy) is 2. The lowest BCUT2D eigenvalue weighted by Crippen LogP contribution is -2.53. The van der Waals surface area contributed by atoms with Gasteiger partial charge >= 0.3 is 0 Å². The molecule has 0 aliphatic carbocycles. The summed E-state index contributed by atoms with van der Waals surface area (Å²) in [6.07, 6.45) is 1.64. The van der Waals surface area contributed by atoms with Crippen molar-refractivity contribution in [1.29, 1.82) is 0 Å². The van der Waals surface area contributed by atoms with E-state index in [1.165, 1.54) is 0 Å². The van der Waals surface area contributed by atoms with E-state index in [4.69, 9.17) is 9.47 Å². The Morgan fingerprint density at radius 1 is 1.07 bits per heavy atom. The second-order valence-corrected chi connectivity index (χ2v) is 6.90. The van der Waals surface area contributed by atoms with Gasteiger partial charge in [0, 0.05) is 19.4 Å². The van der Waals surface area contributed by atoms with Crippen LogP contribution >= 0.6 is 12.4 Å². The van der Waals surface area contributed by atoms with E-state index in [0.29, 0.717) is 25.0 Å². The molecule has 2 N–H and O–H groups in total. The molecule has 3 rings (SSSR count). The lowest BCUT2D eigenvalue weighted by atomic mass is 9.84. The largest absolute Gasteiger partial charge is 0.508 e. The first-order valence-electron chi connectivity index (χ1n) is 9.06. The zero-order valence-corrected chi connectivity index (χ0v) is 16.6. The topological polar surface area (TPSA) is 62.2 Å². The fourth-order valence-electron chi connectivity index (χ4n) is 3.50. The van der Waals surface area contributed by atoms with Crippen LogP contribution in [0.25, 0.3) is 0 Å². The molecule has 2 aromatic carbocycles. The molecule has 1 aliphatic heterocycles. The lowest BCUT2D eigenvalue weighted by molar-refractivity contribution is -0.103. The molecule has 1 heterocycles. The Labute approximate surface area is 166 Å². The van der Waals surface area contributed by atoms with Crippen molar-refractivity contribution in [2.75, 3.05) is 20.2 Å². The summed E-state index contributed by atoms with van der Waals surface area (Å²) in [5, 5.41) is 20.6. The molecular weight excluding hydrogens is 366 g/mol. The van der Waals surface area contributed by atoms with Crippen molar-refractivity contribution in [3.8, 4) is 17.2 Å². The first-order valence-corrected chi connectivity index (χ1v) is 9.06. The summed E-state index contributed by atoms with van der Waals surface area (Å²) in [4.78, 5) is 2.23. The molecule has 1 aliphatic rings. The molecule has 0 saturated carbocycles. The van der Waals surface area contributed by atoms with Gasteiger partial charge in [0.1, 0.15) is 17.2 Å². The Morgan fingerprint density at radius 3 is 2.30 bits per heavy atom. The number of likely N-dealkylation sites (tertiary alicyclic amines) is 1. The van der Waals surface area contributed by atoms with E-state index < -0.39 is 5.60 Å². The highest BCUT2D eigenvalue weighted by molar-refractivity contribution is 5.85. The third-order valence-corrected chi connectivity index (χ3v) is 5.03. The molecule has 6 heteroatoms. The standard InChI is InChI=1S/C21H27NO4.ClH/c1-3-22-13-12-21(24,14-16-4-8-18(25-2)9-5-16)15-20(22)26-19-10-6-17(23)7-11-19;/h4-11,20,23-24H,3,12-15H2,1-2H3;1H. The van der Waals surface area contributed by atoms with Crippen LogP contribution in [0, 0.1) is 0 Å². The zero-order chi connectivity index (χ0) is 18.6. The molecule has 1 saturated heterocycles. The quantitative estimate of drug-likeness (QED) is 0.784. The molecule has 0 amide bonds. The van der Waals surface area contributed by atoms with E-state index in [1.807, 2.05) is 24.3 Å². The van der Waals surface area contributed by atoms with E-state index in [0.717, 1.165) is 24.4 Å². The van der Waals surface area contributed by atoms with Gasteiger partial charge in [0.2, 0.25) is 0 Å². The smallest absolute Gasteiger partial charge is 0.155 e. The van der Waals surface area contributed by atoms with Crippen molar-refractivity contribution in [2.45, 2.75) is 38.0 Å². The van der Waals surface area contributed by atoms with Crippen LogP contribution in [0.4, 0.5) is 0 Å². The lowest BCUT2D eigenvalue weighted by Gasteiger charge is -2.43. The number of benzene rings is 2. The van der Waals surface area contributed by atoms with E-state index in [9.17, 15) is 10.2 Å². The highest BCUT2D eigenvalue weighted by Crippen LogP contribution is 2.32. The van der Waals surface area contributed by atoms with Gasteiger partial charge in [-0.15, -0.1) is 12.4 Å². The van der Waals surface area contributed by atoms with Gasteiger partial charge in [0.05, 0.1) is 12.7 Å². The summed E-state index contributed by atoms with van der Waals surface area (Å²) in [5.41, 5.74) is 0.281. The van der Waals surface area contributed by atoms with E-state index in [-0.39, 0.29) is 24.4 Å². The predicted molar refractivity (Wildman–Crippen MR) is 108 cm³/mol. The number of aromatic hydroxyl groups is 1. The summed E-state index contributed by atoms with van der Waals surface area (Å²) in [5.74, 6) is 1.72. The SMILES string of the molecule is CCN1CCC(O)(Cc2ccc(OC)cc2)CC1Oc1ccc(O)cc1.Cl. The normalized spacial score (nSPS) is 22.7. The predicted octanol–water partition coefficient (Wildman–Crippen LogP) is 3.62. The molecule has 148 valence electrons. The number of nitrogens with zero attached hydrogens (tertiary/aromatic N) is 1. The van der Waals surface area contributed by atoms with Crippen LogP contribution in [-0.4, -0.2) is 47.1 Å². The number of hydrogen-bond acceptors (Lipinski definition) is 5. The Balaban J connectivity index is 0.00000261. The molecule has 0 spiro atoms. The van der Waals surface area contributed by atoms with Crippen LogP contribution in [0.3, 0.4) is 0 Å². The second kappa shape index (κ2) is 9.31. The number of aliphatic hydroxyl groups is 1. The van der Waals surface area contributed by atoms with E-state index in [2.05, 4.69) is 11.8 Å². The number of phenolic OH excluding ortho intramolecular Hbond substituents is 1. The highest BCUT2D eigenvalue weighted by atomic mass is 35.5. The van der Waals surface area contributed by atoms with Crippen molar-refractivity contribution in [3.63, 3.8) is 0 Å². The summed E-state index contributed by atoms with van der Waals surface area (Å²) in [7, 11) is 1.65. The van der Waals surface area contributed by atoms with Crippen LogP contribution < -0.4 is 9.47 Å². The van der Waals surface area contributed by atoms with Gasteiger partial charge in [-0.1, -0.05) is 19.1 Å². The zero-order valence-electron chi connectivity index (χ0n) is 15.8. The van der Waals surface area contributed by atoms with Crippen LogP contribution in [0.2, 0.25) is 0 Å². The first-order chi connectivity index (χ1) is 12.5. The van der Waals surface area contributed by atoms with Crippen LogP contribution in [-0.2, 0) is 6.42 Å². The Kier molecular flexibility index (Phi) is 7.36. The van der Waals surface area contributed by atoms with Crippen LogP contribution in [0.1, 0.15) is 25.3 Å². The van der Waals surface area contributed by atoms with Gasteiger partial charge in [-0.25, -0.2) is 0 Å². The maximum atomic E-state index is 11.2. The Hall–Kier alpha value is -1.95. The van der Waals surface area contributed by atoms with Gasteiger partial charge in [-0.05, 0) is 54.9 Å². The molecule has 2 unspecified atom stereocenters. The average molecular weight is 394 g/mol. The summed E-state index contributed by atoms with van der Waals surface area (Å²) in [6.45, 7) is 3.74. The molecule has 1 fully saturated rings. The van der Waals surface area contributed by atoms with Crippen molar-refractivity contribution >= 4 is 12.4 Å². The molecular formula is C21H28ClNO4. The molecule has 0 radical (unpaired) electrons. The number of phenols is 1. The van der Waals surface area contributed by atoms with Crippen molar-refractivity contribution in [2.24, 2.45) is 0 Å². The summed E-state index contributed by atoms with van der Waals surface area (Å²) < 4.78 is 11.3. The van der Waals surface area contributed by atoms with Gasteiger partial charge in [-0.3, -0.25) is 4.90 Å². The van der Waals surface area contributed by atoms with Crippen LogP contribution in [0.5, 0.6) is 17.2 Å². The second-order valence-electron chi connectivity index (χ2n) is 6.90. The summed E-state index contributed by atoms with van der Waals surface area (Å²) in [6, 6.07) is 14.6. The minimum atomic E-state index is -0.804. The first kappa shape index (κ1) is 21.4. The number of piperidine rings is 1. The van der Waals surface area contributed by atoms with Gasteiger partial charge in [0.15, 0.2) is 6.23 Å². The highest BCUT2D eigenvalue weighted by Gasteiger charge is 2.39. The minimum Gasteiger partial charge on any atom is -0.508 e. The molecule has 2 aromatic rings. The third-order valence-electron chi connectivity index (χ3n) is 5.03. The van der Waals surface area contributed by atoms with Gasteiger partial charge in [0.25, 0.3) is 0 Å². The van der Waals surface area contributed by atoms with E-state index in [1.54, 1.807) is 31.4 Å². The number of halogens is 1. The third kappa shape index (κ3) is 5.51. The van der Waals surface area contributed by atoms with E-state index >= 15 is 0 Å². The van der Waals surface area contributed by atoms with Crippen LogP contribution in [0.15, 0.2) is 48.5 Å². The molecule has 27 heavy (non-hydrogen) atoms. The summed E-state index contributed by atoms with van der Waals surface area (Å²) >= 11 is 0. The van der Waals surface area contributed by atoms with Gasteiger partial charge < -0.3 is 19.7 Å². The van der Waals surface area contributed by atoms with Crippen molar-refractivity contribution < 1.29 is 19.7 Å². The monoisotopic (exact) mass is 393 g/mol. The minimum absolute atomic E-state index is 0. The fraction of sp³-hybridized carbons (Fsp3) is 0.429. The number of rotatable bonds is 6. The van der Waals surface area contributed by atoms with Crippen molar-refractivity contribution in [3.05, 3.63) is 54.1 Å². The molecule has 0 bridgehead atoms. The number of hydrogen-bond donors (Lipinski definition) is 2. The number of methoxy groups -OCH3 is 1. The maximum Gasteiger partial charge on any atom is 0.155 e. The van der Waals surface area contributed by atoms with Gasteiger partial charge in [-0.2, -0.15) is 0 Å². The molecule has 5 nitrogen and oxygen atoms in total. The molecule has 2 atom stereocenters. The maximum absolute atomic E-state index is 11.2. The molecule has 0 aromatic heterocycles. The average Bonchev–Trinajstić information content (AvgIpc) is 2.64. The Morgan fingerprint density at radius 2 is 1.70 bits per heavy atom. The Bertz CT molecular complexity index is 707. The fourth-order valence-corrected chi connectivity index (χ4v) is 3.50.